The summed E-state index contributed by atoms with van der Waals surface area (Å²) in [7, 11) is 0. The Labute approximate surface area is 188 Å². The number of nitrogens with one attached hydrogen (secondary N) is 2. The van der Waals surface area contributed by atoms with Gasteiger partial charge in [-0.15, -0.1) is 0 Å². The van der Waals surface area contributed by atoms with Crippen LogP contribution in [0.5, 0.6) is 0 Å². The van der Waals surface area contributed by atoms with Crippen molar-refractivity contribution < 1.29 is 14.4 Å². The highest BCUT2D eigenvalue weighted by Gasteiger charge is 2.55. The van der Waals surface area contributed by atoms with Gasteiger partial charge in [0.1, 0.15) is 5.54 Å². The van der Waals surface area contributed by atoms with Crippen LogP contribution in [-0.4, -0.2) is 87.0 Å². The predicted octanol–water partition coefficient (Wildman–Crippen LogP) is 1.69. The second-order valence-electron chi connectivity index (χ2n) is 9.81. The summed E-state index contributed by atoms with van der Waals surface area (Å²) in [6.45, 7) is 5.76. The van der Waals surface area contributed by atoms with Gasteiger partial charge >= 0.3 is 6.03 Å². The van der Waals surface area contributed by atoms with Crippen molar-refractivity contribution in [3.05, 3.63) is 17.0 Å². The summed E-state index contributed by atoms with van der Waals surface area (Å²) in [5.41, 5.74) is 1.91. The number of urea groups is 1. The van der Waals surface area contributed by atoms with Crippen molar-refractivity contribution in [2.75, 3.05) is 32.7 Å². The molecule has 0 saturated carbocycles. The molecule has 1 aliphatic carbocycles. The number of imide groups is 1. The first-order valence-electron chi connectivity index (χ1n) is 12.3. The zero-order chi connectivity index (χ0) is 22.3. The predicted molar refractivity (Wildman–Crippen MR) is 118 cm³/mol. The zero-order valence-electron chi connectivity index (χ0n) is 19.0. The van der Waals surface area contributed by atoms with E-state index in [1.54, 1.807) is 4.90 Å². The third-order valence-corrected chi connectivity index (χ3v) is 7.77. The van der Waals surface area contributed by atoms with Gasteiger partial charge in [0.25, 0.3) is 11.8 Å². The molecule has 4 aliphatic rings. The summed E-state index contributed by atoms with van der Waals surface area (Å²) < 4.78 is 0. The van der Waals surface area contributed by atoms with Crippen LogP contribution in [0.15, 0.2) is 0 Å². The molecule has 9 heteroatoms. The smallest absolute Gasteiger partial charge is 0.325 e. The number of nitrogens with zero attached hydrogens (tertiary/aromatic N) is 4. The molecule has 3 saturated heterocycles. The standard InChI is InChI=1S/C23H34N6O3/c1-2-11-27-13-9-23(10-14-27)21(31)29(22(32)24-23)16-8-12-28(15-16)20(30)19-17-6-4-3-5-7-18(17)25-26-19/h16H,2-15H2,1H3,(H,24,32)(H,25,26)/t16-/m0/s1. The van der Waals surface area contributed by atoms with Crippen molar-refractivity contribution in [3.63, 3.8) is 0 Å². The van der Waals surface area contributed by atoms with E-state index in [2.05, 4.69) is 27.3 Å². The Bertz CT molecular complexity index is 904. The number of aryl methyl sites for hydroxylation is 1. The number of rotatable bonds is 4. The van der Waals surface area contributed by atoms with Crippen molar-refractivity contribution in [1.82, 2.24) is 30.2 Å². The molecular formula is C23H34N6O3. The van der Waals surface area contributed by atoms with E-state index in [4.69, 9.17) is 0 Å². The van der Waals surface area contributed by atoms with Gasteiger partial charge in [0, 0.05) is 37.4 Å². The first-order valence-corrected chi connectivity index (χ1v) is 12.3. The highest BCUT2D eigenvalue weighted by molar-refractivity contribution is 6.07. The van der Waals surface area contributed by atoms with Gasteiger partial charge < -0.3 is 15.1 Å². The molecule has 1 aromatic rings. The van der Waals surface area contributed by atoms with E-state index in [1.165, 1.54) is 11.3 Å². The summed E-state index contributed by atoms with van der Waals surface area (Å²) >= 11 is 0. The Hall–Kier alpha value is -2.42. The Balaban J connectivity index is 1.26. The first-order chi connectivity index (χ1) is 15.5. The van der Waals surface area contributed by atoms with E-state index in [-0.39, 0.29) is 23.9 Å². The number of hydrogen-bond donors (Lipinski definition) is 2. The molecule has 0 unspecified atom stereocenters. The molecule has 4 amide bonds. The monoisotopic (exact) mass is 442 g/mol. The number of carbonyl (C=O) groups excluding carboxylic acids is 3. The van der Waals surface area contributed by atoms with Gasteiger partial charge in [-0.25, -0.2) is 4.79 Å². The number of fused-ring (bicyclic) bond motifs is 1. The number of amides is 4. The van der Waals surface area contributed by atoms with Crippen molar-refractivity contribution >= 4 is 17.8 Å². The van der Waals surface area contributed by atoms with Crippen molar-refractivity contribution in [2.24, 2.45) is 0 Å². The van der Waals surface area contributed by atoms with Gasteiger partial charge in [-0.2, -0.15) is 5.10 Å². The number of aromatic nitrogens is 2. The maximum atomic E-state index is 13.4. The number of piperidine rings is 1. The van der Waals surface area contributed by atoms with Crippen LogP contribution in [0.2, 0.25) is 0 Å². The number of carbonyl (C=O) groups is 3. The molecule has 1 atom stereocenters. The number of hydrogen-bond acceptors (Lipinski definition) is 5. The van der Waals surface area contributed by atoms with Gasteiger partial charge in [-0.05, 0) is 57.9 Å². The van der Waals surface area contributed by atoms with Crippen molar-refractivity contribution in [3.8, 4) is 0 Å². The van der Waals surface area contributed by atoms with E-state index in [0.29, 0.717) is 38.0 Å². The average Bonchev–Trinajstić information content (AvgIpc) is 3.43. The fourth-order valence-corrected chi connectivity index (χ4v) is 5.91. The highest BCUT2D eigenvalue weighted by atomic mass is 16.2. The van der Waals surface area contributed by atoms with E-state index in [9.17, 15) is 14.4 Å². The van der Waals surface area contributed by atoms with Crippen LogP contribution >= 0.6 is 0 Å². The number of H-pyrrole nitrogens is 1. The molecule has 174 valence electrons. The molecule has 2 N–H and O–H groups in total. The van der Waals surface area contributed by atoms with Crippen molar-refractivity contribution in [1.29, 1.82) is 0 Å². The van der Waals surface area contributed by atoms with E-state index >= 15 is 0 Å². The summed E-state index contributed by atoms with van der Waals surface area (Å²) in [5.74, 6) is -0.187. The van der Waals surface area contributed by atoms with E-state index in [1.807, 2.05) is 0 Å². The van der Waals surface area contributed by atoms with Crippen molar-refractivity contribution in [2.45, 2.75) is 76.3 Å². The van der Waals surface area contributed by atoms with Crippen LogP contribution in [0.1, 0.15) is 73.6 Å². The Morgan fingerprint density at radius 1 is 1.12 bits per heavy atom. The van der Waals surface area contributed by atoms with Gasteiger partial charge in [-0.3, -0.25) is 19.6 Å². The molecule has 1 spiro atoms. The minimum atomic E-state index is -0.766. The lowest BCUT2D eigenvalue weighted by atomic mass is 9.87. The van der Waals surface area contributed by atoms with Crippen LogP contribution in [0.3, 0.4) is 0 Å². The summed E-state index contributed by atoms with van der Waals surface area (Å²) in [5, 5.41) is 10.4. The molecule has 0 radical (unpaired) electrons. The lowest BCUT2D eigenvalue weighted by molar-refractivity contribution is -0.134. The van der Waals surface area contributed by atoms with Crippen LogP contribution in [-0.2, 0) is 17.6 Å². The van der Waals surface area contributed by atoms with Crippen LogP contribution in [0.25, 0.3) is 0 Å². The fourth-order valence-electron chi connectivity index (χ4n) is 5.91. The van der Waals surface area contributed by atoms with E-state index in [0.717, 1.165) is 63.0 Å². The Morgan fingerprint density at radius 2 is 1.91 bits per heavy atom. The van der Waals surface area contributed by atoms with Gasteiger partial charge in [-0.1, -0.05) is 13.3 Å². The highest BCUT2D eigenvalue weighted by Crippen LogP contribution is 2.33. The number of likely N-dealkylation sites (tertiary alicyclic amines) is 2. The second kappa shape index (κ2) is 8.50. The molecule has 4 heterocycles. The molecule has 0 bridgehead atoms. The van der Waals surface area contributed by atoms with Crippen LogP contribution in [0, 0.1) is 0 Å². The zero-order valence-corrected chi connectivity index (χ0v) is 19.0. The molecule has 9 nitrogen and oxygen atoms in total. The summed E-state index contributed by atoms with van der Waals surface area (Å²) in [4.78, 5) is 45.0. The largest absolute Gasteiger partial charge is 0.335 e. The first kappa shape index (κ1) is 21.4. The minimum Gasteiger partial charge on any atom is -0.335 e. The fraction of sp³-hybridized carbons (Fsp3) is 0.739. The molecule has 5 rings (SSSR count). The van der Waals surface area contributed by atoms with Gasteiger partial charge in [0.15, 0.2) is 5.69 Å². The van der Waals surface area contributed by atoms with E-state index < -0.39 is 5.54 Å². The van der Waals surface area contributed by atoms with Crippen LogP contribution < -0.4 is 5.32 Å². The molecule has 0 aromatic carbocycles. The SMILES string of the molecule is CCCN1CCC2(CC1)NC(=O)N([C@H]1CCN(C(=O)c3n[nH]c4c3CCCCC4)C1)C2=O. The Kier molecular flexibility index (Phi) is 5.69. The maximum Gasteiger partial charge on any atom is 0.325 e. The number of aromatic amines is 1. The average molecular weight is 443 g/mol. The van der Waals surface area contributed by atoms with Crippen LogP contribution in [0.4, 0.5) is 4.79 Å². The quantitative estimate of drug-likeness (QED) is 0.546. The molecular weight excluding hydrogens is 408 g/mol. The molecule has 3 aliphatic heterocycles. The molecule has 32 heavy (non-hydrogen) atoms. The third kappa shape index (κ3) is 3.60. The second-order valence-corrected chi connectivity index (χ2v) is 9.81. The topological polar surface area (TPSA) is 102 Å². The van der Waals surface area contributed by atoms with Gasteiger partial charge in [0.05, 0.1) is 6.04 Å². The summed E-state index contributed by atoms with van der Waals surface area (Å²) in [6, 6.07) is -0.566. The van der Waals surface area contributed by atoms with Gasteiger partial charge in [0.2, 0.25) is 0 Å². The third-order valence-electron chi connectivity index (χ3n) is 7.77. The maximum absolute atomic E-state index is 13.4. The molecule has 3 fully saturated rings. The minimum absolute atomic E-state index is 0.0819. The normalized spacial score (nSPS) is 25.8. The summed E-state index contributed by atoms with van der Waals surface area (Å²) in [6.07, 6.45) is 8.22. The Morgan fingerprint density at radius 3 is 2.69 bits per heavy atom. The lowest BCUT2D eigenvalue weighted by Crippen LogP contribution is -2.55. The molecule has 1 aromatic heterocycles. The lowest BCUT2D eigenvalue weighted by Gasteiger charge is -2.37.